The molecule has 1 aromatic heterocycles. The number of nitro groups is 1. The van der Waals surface area contributed by atoms with E-state index in [1.165, 1.54) is 12.3 Å². The summed E-state index contributed by atoms with van der Waals surface area (Å²) < 4.78 is 22.6. The number of Topliss-reactive ketones (excluding diaryl/α,β-unsaturated/α-hetero) is 1. The van der Waals surface area contributed by atoms with E-state index in [0.29, 0.717) is 57.2 Å². The summed E-state index contributed by atoms with van der Waals surface area (Å²) in [6.07, 6.45) is 3.52. The summed E-state index contributed by atoms with van der Waals surface area (Å²) in [6.45, 7) is 0.398. The summed E-state index contributed by atoms with van der Waals surface area (Å²) in [6, 6.07) is 20.6. The highest BCUT2D eigenvalue weighted by Crippen LogP contribution is 2.37. The number of benzene rings is 3. The molecule has 0 saturated heterocycles. The van der Waals surface area contributed by atoms with Crippen LogP contribution in [0.15, 0.2) is 94.0 Å². The fraction of sp³-hybridized carbons (Fsp3) is 0.219. The number of nitrogens with zero attached hydrogens (tertiary/aromatic N) is 1. The molecule has 1 heterocycles. The summed E-state index contributed by atoms with van der Waals surface area (Å²) in [7, 11) is 0. The minimum absolute atomic E-state index is 0.0344. The molecule has 0 aliphatic carbocycles. The van der Waals surface area contributed by atoms with Crippen molar-refractivity contribution in [3.63, 3.8) is 0 Å². The molecule has 0 amide bonds. The summed E-state index contributed by atoms with van der Waals surface area (Å²) >= 11 is 23.7. The van der Waals surface area contributed by atoms with Crippen LogP contribution in [0.5, 0.6) is 17.2 Å². The van der Waals surface area contributed by atoms with Crippen molar-refractivity contribution < 1.29 is 28.3 Å². The first-order valence-corrected chi connectivity index (χ1v) is 15.0. The van der Waals surface area contributed by atoms with Crippen LogP contribution >= 0.6 is 46.4 Å². The smallest absolute Gasteiger partial charge is 0.211 e. The highest BCUT2D eigenvalue weighted by atomic mass is 35.5. The number of ketones is 1. The molecule has 1 unspecified atom stereocenters. The number of rotatable bonds is 16. The van der Waals surface area contributed by atoms with Crippen LogP contribution < -0.4 is 14.2 Å². The van der Waals surface area contributed by atoms with E-state index >= 15 is 0 Å². The van der Waals surface area contributed by atoms with Gasteiger partial charge < -0.3 is 18.6 Å². The molecule has 0 fully saturated rings. The Kier molecular flexibility index (Phi) is 12.4. The van der Waals surface area contributed by atoms with Gasteiger partial charge in [-0.25, -0.2) is 0 Å². The maximum absolute atomic E-state index is 13.2. The van der Waals surface area contributed by atoms with E-state index < -0.39 is 10.8 Å². The van der Waals surface area contributed by atoms with Crippen molar-refractivity contribution in [2.24, 2.45) is 0 Å². The molecule has 4 rings (SSSR count). The predicted octanol–water partition coefficient (Wildman–Crippen LogP) is 9.43. The van der Waals surface area contributed by atoms with Gasteiger partial charge in [0.1, 0.15) is 28.4 Å². The van der Waals surface area contributed by atoms with Crippen LogP contribution in [0.1, 0.15) is 34.7 Å². The highest BCUT2D eigenvalue weighted by Gasteiger charge is 2.25. The first-order chi connectivity index (χ1) is 21.2. The zero-order valence-electron chi connectivity index (χ0n) is 23.2. The summed E-state index contributed by atoms with van der Waals surface area (Å²) in [5.74, 6) is 1.08. The third-order valence-corrected chi connectivity index (χ3v) is 7.30. The van der Waals surface area contributed by atoms with Crippen molar-refractivity contribution >= 4 is 52.2 Å². The fourth-order valence-corrected chi connectivity index (χ4v) is 5.12. The second kappa shape index (κ2) is 16.4. The maximum atomic E-state index is 13.2. The first kappa shape index (κ1) is 33.2. The van der Waals surface area contributed by atoms with Crippen molar-refractivity contribution in [1.29, 1.82) is 0 Å². The lowest BCUT2D eigenvalue weighted by Crippen LogP contribution is -2.17. The quantitative estimate of drug-likeness (QED) is 0.0503. The van der Waals surface area contributed by atoms with E-state index in [1.54, 1.807) is 60.7 Å². The van der Waals surface area contributed by atoms with Crippen molar-refractivity contribution in [2.45, 2.75) is 18.8 Å². The molecule has 0 aliphatic rings. The van der Waals surface area contributed by atoms with Crippen molar-refractivity contribution in [3.05, 3.63) is 121 Å². The second-order valence-corrected chi connectivity index (χ2v) is 11.3. The van der Waals surface area contributed by atoms with E-state index in [2.05, 4.69) is 0 Å². The Morgan fingerprint density at radius 1 is 0.909 bits per heavy atom. The fourth-order valence-electron chi connectivity index (χ4n) is 4.42. The van der Waals surface area contributed by atoms with Crippen LogP contribution in [-0.4, -0.2) is 37.1 Å². The molecule has 0 saturated carbocycles. The van der Waals surface area contributed by atoms with Gasteiger partial charge in [-0.1, -0.05) is 70.7 Å². The van der Waals surface area contributed by atoms with Gasteiger partial charge in [-0.05, 0) is 48.0 Å². The molecule has 0 bridgehead atoms. The first-order valence-electron chi connectivity index (χ1n) is 13.5. The number of hydrogen-bond acceptors (Lipinski definition) is 7. The predicted molar refractivity (Wildman–Crippen MR) is 171 cm³/mol. The number of hydrogen-bond donors (Lipinski definition) is 0. The Morgan fingerprint density at radius 2 is 1.61 bits per heavy atom. The van der Waals surface area contributed by atoms with E-state index in [9.17, 15) is 14.9 Å². The standard InChI is InChI=1S/C32H27Cl4NO7/c33-27-18-24(42-16-12-31(35)36)19-28(34)32(27)44-15-4-14-41-23-10-8-21(9-11-23)29(38)17-22(20-37(39)40)25-5-1-2-6-26(25)30-7-3-13-43-30/h1-3,5-13,18-19,22H,4,14-17,20H2. The Morgan fingerprint density at radius 3 is 2.27 bits per heavy atom. The molecular formula is C32H27Cl4NO7. The minimum Gasteiger partial charge on any atom is -0.493 e. The summed E-state index contributed by atoms with van der Waals surface area (Å²) in [4.78, 5) is 24.3. The molecule has 230 valence electrons. The topological polar surface area (TPSA) is 101 Å². The van der Waals surface area contributed by atoms with Gasteiger partial charge in [0.05, 0.1) is 35.4 Å². The Hall–Kier alpha value is -3.69. The third kappa shape index (κ3) is 9.66. The van der Waals surface area contributed by atoms with Gasteiger partial charge in [-0.2, -0.15) is 0 Å². The molecule has 3 aromatic carbocycles. The summed E-state index contributed by atoms with van der Waals surface area (Å²) in [5.41, 5.74) is 1.84. The number of carbonyl (C=O) groups excluding carboxylic acids is 1. The third-order valence-electron chi connectivity index (χ3n) is 6.43. The van der Waals surface area contributed by atoms with E-state index in [1.807, 2.05) is 12.1 Å². The molecule has 1 atom stereocenters. The zero-order valence-corrected chi connectivity index (χ0v) is 26.2. The molecule has 0 aliphatic heterocycles. The molecule has 0 N–H and O–H groups in total. The van der Waals surface area contributed by atoms with Crippen molar-refractivity contribution in [2.75, 3.05) is 26.4 Å². The Balaban J connectivity index is 1.29. The van der Waals surface area contributed by atoms with Gasteiger partial charge in [-0.3, -0.25) is 14.9 Å². The zero-order chi connectivity index (χ0) is 31.5. The van der Waals surface area contributed by atoms with Crippen LogP contribution in [0.3, 0.4) is 0 Å². The van der Waals surface area contributed by atoms with Gasteiger partial charge in [0.15, 0.2) is 11.5 Å². The van der Waals surface area contributed by atoms with Gasteiger partial charge in [0, 0.05) is 41.0 Å². The lowest BCUT2D eigenvalue weighted by Gasteiger charge is -2.16. The van der Waals surface area contributed by atoms with Gasteiger partial charge in [-0.15, -0.1) is 0 Å². The Labute approximate surface area is 274 Å². The van der Waals surface area contributed by atoms with E-state index in [0.717, 1.165) is 5.56 Å². The number of carbonyl (C=O) groups is 1. The average molecular weight is 679 g/mol. The molecule has 4 aromatic rings. The van der Waals surface area contributed by atoms with E-state index in [-0.39, 0.29) is 36.5 Å². The number of ether oxygens (including phenoxy) is 3. The summed E-state index contributed by atoms with van der Waals surface area (Å²) in [5, 5.41) is 12.1. The highest BCUT2D eigenvalue weighted by molar-refractivity contribution is 6.55. The normalized spacial score (nSPS) is 11.5. The van der Waals surface area contributed by atoms with Crippen molar-refractivity contribution in [3.8, 4) is 28.6 Å². The number of furan rings is 1. The van der Waals surface area contributed by atoms with Crippen LogP contribution in [0.4, 0.5) is 0 Å². The van der Waals surface area contributed by atoms with Gasteiger partial charge in [0.25, 0.3) is 0 Å². The monoisotopic (exact) mass is 677 g/mol. The van der Waals surface area contributed by atoms with Crippen LogP contribution in [-0.2, 0) is 0 Å². The van der Waals surface area contributed by atoms with Crippen LogP contribution in [0, 0.1) is 10.1 Å². The van der Waals surface area contributed by atoms with E-state index in [4.69, 9.17) is 65.0 Å². The largest absolute Gasteiger partial charge is 0.493 e. The molecule has 12 heteroatoms. The maximum Gasteiger partial charge on any atom is 0.211 e. The second-order valence-electron chi connectivity index (χ2n) is 9.50. The lowest BCUT2D eigenvalue weighted by molar-refractivity contribution is -0.483. The minimum atomic E-state index is -0.632. The molecule has 0 spiro atoms. The molecular weight excluding hydrogens is 652 g/mol. The Bertz CT molecular complexity index is 1560. The van der Waals surface area contributed by atoms with Crippen LogP contribution in [0.25, 0.3) is 11.3 Å². The van der Waals surface area contributed by atoms with Gasteiger partial charge >= 0.3 is 0 Å². The van der Waals surface area contributed by atoms with Crippen LogP contribution in [0.2, 0.25) is 10.0 Å². The SMILES string of the molecule is O=C(CC(C[N+](=O)[O-])c1ccccc1-c1ccco1)c1ccc(OCCCOc2c(Cl)cc(OCC=C(Cl)Cl)cc2Cl)cc1. The van der Waals surface area contributed by atoms with Gasteiger partial charge in [0.2, 0.25) is 6.54 Å². The molecule has 0 radical (unpaired) electrons. The average Bonchev–Trinajstić information content (AvgIpc) is 3.53. The number of halogens is 4. The molecule has 8 nitrogen and oxygen atoms in total. The van der Waals surface area contributed by atoms with Crippen molar-refractivity contribution in [1.82, 2.24) is 0 Å². The molecule has 44 heavy (non-hydrogen) atoms. The lowest BCUT2D eigenvalue weighted by atomic mass is 9.88.